The number of imide groups is 1. The molecule has 2 fully saturated rings. The second-order valence-electron chi connectivity index (χ2n) is 5.51. The van der Waals surface area contributed by atoms with Crippen molar-refractivity contribution in [2.75, 3.05) is 19.8 Å². The van der Waals surface area contributed by atoms with Crippen LogP contribution in [0.15, 0.2) is 0 Å². The first-order chi connectivity index (χ1) is 9.41. The van der Waals surface area contributed by atoms with Gasteiger partial charge in [0.05, 0.1) is 12.6 Å². The maximum atomic E-state index is 12.4. The SMILES string of the molecule is CC(C)[C@H]1COC(=O)N1C(=O)C[C@H](C)N1CCOC1=S. The van der Waals surface area contributed by atoms with Crippen LogP contribution in [0.1, 0.15) is 27.2 Å². The number of cyclic esters (lactones) is 1. The molecule has 0 N–H and O–H groups in total. The van der Waals surface area contributed by atoms with E-state index in [4.69, 9.17) is 21.7 Å². The van der Waals surface area contributed by atoms with E-state index in [2.05, 4.69) is 0 Å². The number of rotatable bonds is 4. The van der Waals surface area contributed by atoms with Crippen molar-refractivity contribution < 1.29 is 19.1 Å². The third-order valence-electron chi connectivity index (χ3n) is 3.74. The molecule has 2 amide bonds. The molecule has 0 radical (unpaired) electrons. The number of ether oxygens (including phenoxy) is 2. The first kappa shape index (κ1) is 15.0. The Hall–Kier alpha value is -1.37. The summed E-state index contributed by atoms with van der Waals surface area (Å²) in [5, 5.41) is 0.426. The fourth-order valence-corrected chi connectivity index (χ4v) is 2.84. The Kier molecular flexibility index (Phi) is 4.47. The molecule has 0 aromatic carbocycles. The molecular formula is C13H20N2O4S. The Morgan fingerprint density at radius 1 is 1.40 bits per heavy atom. The molecule has 2 saturated heterocycles. The highest BCUT2D eigenvalue weighted by Gasteiger charge is 2.40. The number of amides is 2. The number of hydrogen-bond acceptors (Lipinski definition) is 5. The van der Waals surface area contributed by atoms with Crippen LogP contribution in [0.2, 0.25) is 0 Å². The van der Waals surface area contributed by atoms with E-state index in [1.165, 1.54) is 4.90 Å². The summed E-state index contributed by atoms with van der Waals surface area (Å²) in [6, 6.07) is -0.261. The maximum Gasteiger partial charge on any atom is 0.416 e. The van der Waals surface area contributed by atoms with Crippen LogP contribution in [0, 0.1) is 5.92 Å². The summed E-state index contributed by atoms with van der Waals surface area (Å²) in [5.74, 6) is -0.0368. The predicted molar refractivity (Wildman–Crippen MR) is 76.2 cm³/mol. The average molecular weight is 300 g/mol. The van der Waals surface area contributed by atoms with Crippen molar-refractivity contribution in [2.24, 2.45) is 5.92 Å². The number of hydrogen-bond donors (Lipinski definition) is 0. The molecule has 2 aliphatic heterocycles. The van der Waals surface area contributed by atoms with Gasteiger partial charge in [-0.1, -0.05) is 13.8 Å². The van der Waals surface area contributed by atoms with Crippen molar-refractivity contribution >= 4 is 29.4 Å². The topological polar surface area (TPSA) is 59.1 Å². The van der Waals surface area contributed by atoms with E-state index < -0.39 is 6.09 Å². The van der Waals surface area contributed by atoms with Crippen LogP contribution in [0.25, 0.3) is 0 Å². The van der Waals surface area contributed by atoms with E-state index in [9.17, 15) is 9.59 Å². The summed E-state index contributed by atoms with van der Waals surface area (Å²) in [7, 11) is 0. The lowest BCUT2D eigenvalue weighted by molar-refractivity contribution is -0.130. The molecule has 6 nitrogen and oxygen atoms in total. The standard InChI is InChI=1S/C13H20N2O4S/c1-8(2)10-7-19-12(17)15(10)11(16)6-9(3)14-4-5-18-13(14)20/h8-10H,4-7H2,1-3H3/t9-,10+/m0/s1. The van der Waals surface area contributed by atoms with Crippen molar-refractivity contribution in [2.45, 2.75) is 39.3 Å². The maximum absolute atomic E-state index is 12.4. The second kappa shape index (κ2) is 5.95. The van der Waals surface area contributed by atoms with Crippen molar-refractivity contribution in [1.29, 1.82) is 0 Å². The number of thiocarbonyl (C=S) groups is 1. The van der Waals surface area contributed by atoms with Crippen LogP contribution < -0.4 is 0 Å². The molecule has 7 heteroatoms. The minimum Gasteiger partial charge on any atom is -0.469 e. The molecule has 2 rings (SSSR count). The summed E-state index contributed by atoms with van der Waals surface area (Å²) in [6.07, 6.45) is -0.317. The number of nitrogens with zero attached hydrogens (tertiary/aromatic N) is 2. The minimum absolute atomic E-state index is 0.0845. The van der Waals surface area contributed by atoms with Gasteiger partial charge < -0.3 is 14.4 Å². The van der Waals surface area contributed by atoms with Gasteiger partial charge in [-0.25, -0.2) is 9.69 Å². The molecule has 0 saturated carbocycles. The monoisotopic (exact) mass is 300 g/mol. The lowest BCUT2D eigenvalue weighted by atomic mass is 10.0. The first-order valence-corrected chi connectivity index (χ1v) is 7.25. The Morgan fingerprint density at radius 3 is 2.65 bits per heavy atom. The molecular weight excluding hydrogens is 280 g/mol. The molecule has 0 unspecified atom stereocenters. The highest BCUT2D eigenvalue weighted by molar-refractivity contribution is 7.80. The summed E-state index contributed by atoms with van der Waals surface area (Å²) >= 11 is 5.08. The number of carbonyl (C=O) groups excluding carboxylic acids is 2. The van der Waals surface area contributed by atoms with Crippen molar-refractivity contribution in [1.82, 2.24) is 9.80 Å². The lowest BCUT2D eigenvalue weighted by Gasteiger charge is -2.27. The Bertz CT molecular complexity index is 427. The summed E-state index contributed by atoms with van der Waals surface area (Å²) in [5.41, 5.74) is 0. The lowest BCUT2D eigenvalue weighted by Crippen LogP contribution is -2.45. The van der Waals surface area contributed by atoms with Crippen molar-refractivity contribution in [3.05, 3.63) is 0 Å². The molecule has 2 aliphatic rings. The van der Waals surface area contributed by atoms with Gasteiger partial charge in [-0.05, 0) is 25.1 Å². The van der Waals surface area contributed by atoms with Crippen LogP contribution in [-0.4, -0.2) is 58.8 Å². The van der Waals surface area contributed by atoms with Crippen LogP contribution in [0.4, 0.5) is 4.79 Å². The van der Waals surface area contributed by atoms with E-state index in [0.717, 1.165) is 0 Å². The molecule has 20 heavy (non-hydrogen) atoms. The van der Waals surface area contributed by atoms with E-state index in [1.807, 2.05) is 25.7 Å². The first-order valence-electron chi connectivity index (χ1n) is 6.84. The Balaban J connectivity index is 1.99. The molecule has 112 valence electrons. The molecule has 2 atom stereocenters. The molecule has 2 heterocycles. The van der Waals surface area contributed by atoms with E-state index in [-0.39, 0.29) is 36.9 Å². The Morgan fingerprint density at radius 2 is 2.10 bits per heavy atom. The highest BCUT2D eigenvalue weighted by Crippen LogP contribution is 2.22. The zero-order valence-corrected chi connectivity index (χ0v) is 12.8. The second-order valence-corrected chi connectivity index (χ2v) is 5.86. The van der Waals surface area contributed by atoms with Gasteiger partial charge in [-0.3, -0.25) is 4.79 Å². The van der Waals surface area contributed by atoms with Gasteiger partial charge in [0.1, 0.15) is 13.2 Å². The minimum atomic E-state index is -0.541. The summed E-state index contributed by atoms with van der Waals surface area (Å²) < 4.78 is 10.2. The molecule has 0 aliphatic carbocycles. The Labute approximate surface area is 124 Å². The van der Waals surface area contributed by atoms with Crippen LogP contribution >= 0.6 is 12.2 Å². The third kappa shape index (κ3) is 2.87. The van der Waals surface area contributed by atoms with E-state index in [0.29, 0.717) is 18.3 Å². The van der Waals surface area contributed by atoms with Crippen molar-refractivity contribution in [3.8, 4) is 0 Å². The van der Waals surface area contributed by atoms with Crippen molar-refractivity contribution in [3.63, 3.8) is 0 Å². The van der Waals surface area contributed by atoms with E-state index >= 15 is 0 Å². The van der Waals surface area contributed by atoms with Crippen LogP contribution in [0.5, 0.6) is 0 Å². The normalized spacial score (nSPS) is 24.1. The fourth-order valence-electron chi connectivity index (χ4n) is 2.48. The van der Waals surface area contributed by atoms with E-state index in [1.54, 1.807) is 0 Å². The van der Waals surface area contributed by atoms with Gasteiger partial charge in [0.2, 0.25) is 5.91 Å². The predicted octanol–water partition coefficient (Wildman–Crippen LogP) is 1.39. The quantitative estimate of drug-likeness (QED) is 0.731. The third-order valence-corrected chi connectivity index (χ3v) is 4.09. The van der Waals surface area contributed by atoms with Gasteiger partial charge in [-0.15, -0.1) is 0 Å². The average Bonchev–Trinajstić information content (AvgIpc) is 2.95. The smallest absolute Gasteiger partial charge is 0.416 e. The van der Waals surface area contributed by atoms with Gasteiger partial charge in [-0.2, -0.15) is 0 Å². The molecule has 0 aromatic heterocycles. The van der Waals surface area contributed by atoms with Gasteiger partial charge in [0.25, 0.3) is 5.17 Å². The summed E-state index contributed by atoms with van der Waals surface area (Å²) in [6.45, 7) is 7.37. The van der Waals surface area contributed by atoms with Crippen LogP contribution in [-0.2, 0) is 14.3 Å². The van der Waals surface area contributed by atoms with Gasteiger partial charge in [0.15, 0.2) is 0 Å². The largest absolute Gasteiger partial charge is 0.469 e. The highest BCUT2D eigenvalue weighted by atomic mass is 32.1. The van der Waals surface area contributed by atoms with Gasteiger partial charge in [0, 0.05) is 12.5 Å². The fraction of sp³-hybridized carbons (Fsp3) is 0.769. The zero-order valence-electron chi connectivity index (χ0n) is 12.0. The summed E-state index contributed by atoms with van der Waals surface area (Å²) in [4.78, 5) is 27.2. The molecule has 0 spiro atoms. The molecule has 0 aromatic rings. The number of carbonyl (C=O) groups is 2. The molecule has 0 bridgehead atoms. The zero-order chi connectivity index (χ0) is 14.9. The van der Waals surface area contributed by atoms with Crippen LogP contribution in [0.3, 0.4) is 0 Å². The van der Waals surface area contributed by atoms with Gasteiger partial charge >= 0.3 is 6.09 Å².